The molecule has 0 aliphatic heterocycles. The highest BCUT2D eigenvalue weighted by Crippen LogP contribution is 2.20. The third kappa shape index (κ3) is 37.6. The summed E-state index contributed by atoms with van der Waals surface area (Å²) >= 11 is 0. The van der Waals surface area contributed by atoms with Gasteiger partial charge in [0.25, 0.3) is 0 Å². The van der Waals surface area contributed by atoms with Gasteiger partial charge in [0, 0.05) is 19.4 Å². The van der Waals surface area contributed by atoms with Crippen LogP contribution in [0.3, 0.4) is 0 Å². The molecular weight excluding hydrogens is 659 g/mol. The minimum atomic E-state index is -0.0163. The predicted octanol–water partition coefficient (Wildman–Crippen LogP) is 13.7. The average molecular weight is 752 g/mol. The van der Waals surface area contributed by atoms with Crippen molar-refractivity contribution in [1.29, 1.82) is 0 Å². The molecule has 0 heterocycles. The second-order valence-corrected chi connectivity index (χ2v) is 16.4. The summed E-state index contributed by atoms with van der Waals surface area (Å²) in [7, 11) is 0. The van der Waals surface area contributed by atoms with Gasteiger partial charge in [0.15, 0.2) is 0 Å². The van der Waals surface area contributed by atoms with Gasteiger partial charge in [-0.1, -0.05) is 169 Å². The Morgan fingerprint density at radius 1 is 0.453 bits per heavy atom. The molecule has 0 aromatic rings. The zero-order chi connectivity index (χ0) is 38.9. The molecule has 0 spiro atoms. The summed E-state index contributed by atoms with van der Waals surface area (Å²) in [5, 5.41) is 9.58. The Hall–Kier alpha value is -1.14. The number of unbranched alkanes of at least 4 members (excludes halogenated alkanes) is 22. The van der Waals surface area contributed by atoms with Gasteiger partial charge in [0.05, 0.1) is 13.2 Å². The van der Waals surface area contributed by atoms with Crippen LogP contribution in [0.4, 0.5) is 0 Å². The smallest absolute Gasteiger partial charge is 0.306 e. The summed E-state index contributed by atoms with van der Waals surface area (Å²) in [6.45, 7) is 12.6. The maximum Gasteiger partial charge on any atom is 0.306 e. The molecule has 1 N–H and O–H groups in total. The Morgan fingerprint density at radius 3 is 1.34 bits per heavy atom. The zero-order valence-corrected chi connectivity index (χ0v) is 36.3. The summed E-state index contributed by atoms with van der Waals surface area (Å²) in [6.07, 6.45) is 39.6. The number of rotatable bonds is 43. The van der Waals surface area contributed by atoms with Crippen molar-refractivity contribution in [3.63, 3.8) is 0 Å². The van der Waals surface area contributed by atoms with Crippen LogP contribution in [-0.4, -0.2) is 60.9 Å². The van der Waals surface area contributed by atoms with E-state index in [9.17, 15) is 14.7 Å². The van der Waals surface area contributed by atoms with Crippen LogP contribution in [0.25, 0.3) is 0 Å². The third-order valence-electron chi connectivity index (χ3n) is 11.1. The minimum Gasteiger partial charge on any atom is -0.465 e. The van der Waals surface area contributed by atoms with Crippen LogP contribution < -0.4 is 0 Å². The highest BCUT2D eigenvalue weighted by molar-refractivity contribution is 5.69. The van der Waals surface area contributed by atoms with E-state index in [2.05, 4.69) is 32.6 Å². The fourth-order valence-corrected chi connectivity index (χ4v) is 7.60. The quantitative estimate of drug-likeness (QED) is 0.0494. The molecule has 6 heteroatoms. The van der Waals surface area contributed by atoms with E-state index in [1.54, 1.807) is 0 Å². The van der Waals surface area contributed by atoms with E-state index in [-0.39, 0.29) is 24.6 Å². The number of hydrogen-bond acceptors (Lipinski definition) is 6. The number of aliphatic hydroxyl groups excluding tert-OH is 1. The lowest BCUT2D eigenvalue weighted by Gasteiger charge is -2.21. The molecule has 0 radical (unpaired) electrons. The number of nitrogens with zero attached hydrogens (tertiary/aromatic N) is 1. The van der Waals surface area contributed by atoms with Gasteiger partial charge < -0.3 is 19.5 Å². The average Bonchev–Trinajstić information content (AvgIpc) is 3.15. The van der Waals surface area contributed by atoms with E-state index in [1.807, 2.05) is 0 Å². The van der Waals surface area contributed by atoms with Crippen molar-refractivity contribution < 1.29 is 24.2 Å². The van der Waals surface area contributed by atoms with E-state index in [1.165, 1.54) is 128 Å². The van der Waals surface area contributed by atoms with Crippen LogP contribution >= 0.6 is 0 Å². The van der Waals surface area contributed by atoms with E-state index >= 15 is 0 Å². The van der Waals surface area contributed by atoms with Crippen LogP contribution in [0.1, 0.15) is 246 Å². The Balaban J connectivity index is 4.06. The molecule has 0 saturated carbocycles. The maximum absolute atomic E-state index is 12.7. The number of carbonyl (C=O) groups excluding carboxylic acids is 2. The molecule has 0 bridgehead atoms. The number of ether oxygens (including phenoxy) is 2. The van der Waals surface area contributed by atoms with Crippen molar-refractivity contribution in [1.82, 2.24) is 4.90 Å². The van der Waals surface area contributed by atoms with Crippen LogP contribution in [0.2, 0.25) is 0 Å². The monoisotopic (exact) mass is 752 g/mol. The van der Waals surface area contributed by atoms with Crippen LogP contribution in [0, 0.1) is 5.92 Å². The second kappa shape index (κ2) is 42.0. The van der Waals surface area contributed by atoms with Crippen molar-refractivity contribution in [3.8, 4) is 0 Å². The molecule has 0 aliphatic rings. The lowest BCUT2D eigenvalue weighted by atomic mass is 9.97. The minimum absolute atomic E-state index is 0.0142. The molecule has 1 unspecified atom stereocenters. The molecule has 0 rings (SSSR count). The number of hydrogen-bond donors (Lipinski definition) is 1. The summed E-state index contributed by atoms with van der Waals surface area (Å²) in [4.78, 5) is 27.4. The van der Waals surface area contributed by atoms with Crippen LogP contribution in [0.15, 0.2) is 0 Å². The largest absolute Gasteiger partial charge is 0.465 e. The van der Waals surface area contributed by atoms with Gasteiger partial charge in [-0.05, 0) is 83.2 Å². The van der Waals surface area contributed by atoms with Crippen molar-refractivity contribution in [2.45, 2.75) is 252 Å². The number of esters is 2. The van der Waals surface area contributed by atoms with Crippen LogP contribution in [0.5, 0.6) is 0 Å². The van der Waals surface area contributed by atoms with E-state index in [0.717, 1.165) is 96.7 Å². The Labute approximate surface area is 331 Å². The molecule has 0 amide bonds. The summed E-state index contributed by atoms with van der Waals surface area (Å²) < 4.78 is 11.7. The third-order valence-corrected chi connectivity index (χ3v) is 11.1. The van der Waals surface area contributed by atoms with Crippen molar-refractivity contribution in [2.24, 2.45) is 5.92 Å². The topological polar surface area (TPSA) is 76.1 Å². The number of aliphatic hydroxyl groups is 1. The standard InChI is InChI=1S/C47H93NO5/c1-5-9-12-15-20-27-35-45(36-28-21-16-13-10-6-2)53-47(51)38-30-23-18-25-32-40-48(41-42-49)39-31-24-17-22-29-37-46(50)52-43-44(33-8-4)34-26-19-14-11-7-3/h44-45,49H,5-43H2,1-4H3. The maximum atomic E-state index is 12.7. The highest BCUT2D eigenvalue weighted by Gasteiger charge is 2.15. The molecule has 316 valence electrons. The van der Waals surface area contributed by atoms with Crippen molar-refractivity contribution in [2.75, 3.05) is 32.8 Å². The lowest BCUT2D eigenvalue weighted by Crippen LogP contribution is -2.29. The molecule has 0 aromatic heterocycles. The highest BCUT2D eigenvalue weighted by atomic mass is 16.5. The van der Waals surface area contributed by atoms with Gasteiger partial charge >= 0.3 is 11.9 Å². The normalized spacial score (nSPS) is 12.2. The Morgan fingerprint density at radius 2 is 0.868 bits per heavy atom. The van der Waals surface area contributed by atoms with Crippen LogP contribution in [-0.2, 0) is 19.1 Å². The van der Waals surface area contributed by atoms with Gasteiger partial charge in [-0.15, -0.1) is 0 Å². The summed E-state index contributed by atoms with van der Waals surface area (Å²) in [5.41, 5.74) is 0. The molecule has 1 atom stereocenters. The van der Waals surface area contributed by atoms with E-state index in [4.69, 9.17) is 9.47 Å². The predicted molar refractivity (Wildman–Crippen MR) is 228 cm³/mol. The first kappa shape index (κ1) is 51.9. The second-order valence-electron chi connectivity index (χ2n) is 16.4. The lowest BCUT2D eigenvalue weighted by molar-refractivity contribution is -0.150. The first-order valence-electron chi connectivity index (χ1n) is 23.7. The van der Waals surface area contributed by atoms with Gasteiger partial charge in [0.1, 0.15) is 6.10 Å². The fourth-order valence-electron chi connectivity index (χ4n) is 7.60. The molecule has 53 heavy (non-hydrogen) atoms. The molecular formula is C47H93NO5. The molecule has 0 aliphatic carbocycles. The van der Waals surface area contributed by atoms with E-state index in [0.29, 0.717) is 25.4 Å². The fraction of sp³-hybridized carbons (Fsp3) is 0.957. The van der Waals surface area contributed by atoms with Crippen molar-refractivity contribution >= 4 is 11.9 Å². The molecule has 0 fully saturated rings. The summed E-state index contributed by atoms with van der Waals surface area (Å²) in [6, 6.07) is 0. The zero-order valence-electron chi connectivity index (χ0n) is 36.3. The molecule has 6 nitrogen and oxygen atoms in total. The van der Waals surface area contributed by atoms with Gasteiger partial charge in [0.2, 0.25) is 0 Å². The van der Waals surface area contributed by atoms with Gasteiger partial charge in [-0.25, -0.2) is 0 Å². The molecule has 0 saturated heterocycles. The van der Waals surface area contributed by atoms with Gasteiger partial charge in [-0.3, -0.25) is 9.59 Å². The first-order valence-corrected chi connectivity index (χ1v) is 23.7. The first-order chi connectivity index (χ1) is 26.0. The van der Waals surface area contributed by atoms with E-state index < -0.39 is 0 Å². The Bertz CT molecular complexity index is 745. The number of carbonyl (C=O) groups is 2. The summed E-state index contributed by atoms with van der Waals surface area (Å²) in [5.74, 6) is 0.526. The van der Waals surface area contributed by atoms with Crippen molar-refractivity contribution in [3.05, 3.63) is 0 Å². The van der Waals surface area contributed by atoms with Gasteiger partial charge in [-0.2, -0.15) is 0 Å². The molecule has 0 aromatic carbocycles. The SMILES string of the molecule is CCCCCCCCC(CCCCCCCC)OC(=O)CCCCCCCN(CCO)CCCCCCCC(=O)OCC(CCC)CCCCCCC. The Kier molecular flexibility index (Phi) is 41.1.